The maximum atomic E-state index is 13.6. The second-order valence-electron chi connectivity index (χ2n) is 7.16. The quantitative estimate of drug-likeness (QED) is 0.681. The highest BCUT2D eigenvalue weighted by Gasteiger charge is 2.43. The number of carbonyl (C=O) groups excluding carboxylic acids is 1. The van der Waals surface area contributed by atoms with Gasteiger partial charge in [0, 0.05) is 11.8 Å². The van der Waals surface area contributed by atoms with Gasteiger partial charge in [-0.3, -0.25) is 9.36 Å². The molecule has 2 heterocycles. The minimum Gasteiger partial charge on any atom is -0.497 e. The van der Waals surface area contributed by atoms with Crippen LogP contribution in [0, 0.1) is 0 Å². The van der Waals surface area contributed by atoms with Gasteiger partial charge in [-0.25, -0.2) is 4.98 Å². The standard InChI is InChI=1S/C20H24N6O3/c1-28-14-8-6-7-13(11-14)23-18(27)20(9-4-3-5-10-20)26-12-22-15-16(21)24-19(29-2)25-17(15)26/h6-8,11-12H,3-5,9-10H2,1-2H3,(H,23,27)(H2,21,24,25). The van der Waals surface area contributed by atoms with Crippen LogP contribution in [0.1, 0.15) is 32.1 Å². The molecule has 4 rings (SSSR count). The summed E-state index contributed by atoms with van der Waals surface area (Å²) >= 11 is 0. The lowest BCUT2D eigenvalue weighted by Gasteiger charge is -2.37. The number of rotatable bonds is 5. The van der Waals surface area contributed by atoms with Crippen LogP contribution in [0.3, 0.4) is 0 Å². The predicted octanol–water partition coefficient (Wildman–Crippen LogP) is 2.72. The zero-order valence-corrected chi connectivity index (χ0v) is 16.5. The fraction of sp³-hybridized carbons (Fsp3) is 0.400. The number of nitrogens with zero attached hydrogens (tertiary/aromatic N) is 4. The Morgan fingerprint density at radius 3 is 2.69 bits per heavy atom. The van der Waals surface area contributed by atoms with Crippen LogP contribution in [-0.4, -0.2) is 39.6 Å². The van der Waals surface area contributed by atoms with E-state index in [1.165, 1.54) is 7.11 Å². The Kier molecular flexibility index (Phi) is 4.96. The second-order valence-corrected chi connectivity index (χ2v) is 7.16. The number of ether oxygens (including phenoxy) is 2. The van der Waals surface area contributed by atoms with Crippen molar-refractivity contribution >= 4 is 28.6 Å². The van der Waals surface area contributed by atoms with Gasteiger partial charge in [-0.1, -0.05) is 25.3 Å². The van der Waals surface area contributed by atoms with Crippen molar-refractivity contribution in [3.05, 3.63) is 30.6 Å². The van der Waals surface area contributed by atoms with Gasteiger partial charge in [-0.2, -0.15) is 9.97 Å². The molecule has 29 heavy (non-hydrogen) atoms. The zero-order chi connectivity index (χ0) is 20.4. The summed E-state index contributed by atoms with van der Waals surface area (Å²) in [4.78, 5) is 26.5. The van der Waals surface area contributed by atoms with E-state index in [4.69, 9.17) is 15.2 Å². The summed E-state index contributed by atoms with van der Waals surface area (Å²) in [5, 5.41) is 3.05. The van der Waals surface area contributed by atoms with Crippen LogP contribution in [-0.2, 0) is 10.3 Å². The van der Waals surface area contributed by atoms with Crippen LogP contribution < -0.4 is 20.5 Å². The van der Waals surface area contributed by atoms with Gasteiger partial charge in [0.1, 0.15) is 11.3 Å². The van der Waals surface area contributed by atoms with Crippen molar-refractivity contribution in [2.75, 3.05) is 25.3 Å². The first-order chi connectivity index (χ1) is 14.1. The van der Waals surface area contributed by atoms with Crippen LogP contribution in [0.4, 0.5) is 11.5 Å². The van der Waals surface area contributed by atoms with Crippen LogP contribution in [0.2, 0.25) is 0 Å². The van der Waals surface area contributed by atoms with Crippen LogP contribution in [0.15, 0.2) is 30.6 Å². The fourth-order valence-electron chi connectivity index (χ4n) is 3.97. The number of amides is 1. The third kappa shape index (κ3) is 3.32. The molecule has 1 saturated carbocycles. The summed E-state index contributed by atoms with van der Waals surface area (Å²) in [5.41, 5.74) is 6.85. The molecule has 0 atom stereocenters. The number of methoxy groups -OCH3 is 2. The van der Waals surface area contributed by atoms with Crippen molar-refractivity contribution < 1.29 is 14.3 Å². The molecule has 0 spiro atoms. The number of carbonyl (C=O) groups is 1. The lowest BCUT2D eigenvalue weighted by molar-refractivity contribution is -0.126. The third-order valence-corrected chi connectivity index (χ3v) is 5.48. The number of hydrogen-bond donors (Lipinski definition) is 2. The highest BCUT2D eigenvalue weighted by molar-refractivity contribution is 5.98. The molecule has 1 amide bonds. The summed E-state index contributed by atoms with van der Waals surface area (Å²) in [7, 11) is 3.08. The average molecular weight is 396 g/mol. The number of aromatic nitrogens is 4. The molecule has 0 unspecified atom stereocenters. The summed E-state index contributed by atoms with van der Waals surface area (Å²) in [5.74, 6) is 0.796. The van der Waals surface area contributed by atoms with Crippen LogP contribution >= 0.6 is 0 Å². The molecule has 9 nitrogen and oxygen atoms in total. The van der Waals surface area contributed by atoms with Crippen LogP contribution in [0.25, 0.3) is 11.2 Å². The zero-order valence-electron chi connectivity index (χ0n) is 16.5. The lowest BCUT2D eigenvalue weighted by Crippen LogP contribution is -2.46. The van der Waals surface area contributed by atoms with E-state index in [0.29, 0.717) is 35.4 Å². The minimum absolute atomic E-state index is 0.110. The topological polar surface area (TPSA) is 117 Å². The first kappa shape index (κ1) is 19.0. The van der Waals surface area contributed by atoms with Crippen molar-refractivity contribution in [3.8, 4) is 11.8 Å². The molecule has 0 aliphatic heterocycles. The van der Waals surface area contributed by atoms with Gasteiger partial charge in [-0.05, 0) is 25.0 Å². The van der Waals surface area contributed by atoms with Gasteiger partial charge in [0.15, 0.2) is 17.0 Å². The molecular formula is C20H24N6O3. The lowest BCUT2D eigenvalue weighted by atomic mass is 9.80. The van der Waals surface area contributed by atoms with Crippen molar-refractivity contribution in [2.24, 2.45) is 0 Å². The van der Waals surface area contributed by atoms with E-state index in [0.717, 1.165) is 19.3 Å². The molecule has 0 saturated heterocycles. The van der Waals surface area contributed by atoms with Gasteiger partial charge in [0.2, 0.25) is 0 Å². The largest absolute Gasteiger partial charge is 0.497 e. The molecule has 1 aliphatic rings. The van der Waals surface area contributed by atoms with E-state index in [1.807, 2.05) is 22.8 Å². The Hall–Kier alpha value is -3.36. The van der Waals surface area contributed by atoms with Crippen molar-refractivity contribution in [1.29, 1.82) is 0 Å². The second kappa shape index (κ2) is 7.57. The smallest absolute Gasteiger partial charge is 0.320 e. The summed E-state index contributed by atoms with van der Waals surface area (Å²) in [6.07, 6.45) is 5.94. The number of fused-ring (bicyclic) bond motifs is 1. The highest BCUT2D eigenvalue weighted by Crippen LogP contribution is 2.38. The molecule has 1 aliphatic carbocycles. The van der Waals surface area contributed by atoms with E-state index >= 15 is 0 Å². The molecule has 3 N–H and O–H groups in total. The average Bonchev–Trinajstić information content (AvgIpc) is 3.19. The Balaban J connectivity index is 1.78. The van der Waals surface area contributed by atoms with E-state index in [9.17, 15) is 4.79 Å². The normalized spacial score (nSPS) is 15.8. The molecule has 1 fully saturated rings. The molecule has 0 radical (unpaired) electrons. The third-order valence-electron chi connectivity index (χ3n) is 5.48. The van der Waals surface area contributed by atoms with Gasteiger partial charge >= 0.3 is 6.01 Å². The molecule has 1 aromatic carbocycles. The molecule has 152 valence electrons. The number of hydrogen-bond acceptors (Lipinski definition) is 7. The molecular weight excluding hydrogens is 372 g/mol. The molecule has 9 heteroatoms. The van der Waals surface area contributed by atoms with Crippen LogP contribution in [0.5, 0.6) is 11.8 Å². The number of imidazole rings is 1. The number of anilines is 2. The Labute approximate surface area is 168 Å². The van der Waals surface area contributed by atoms with Gasteiger partial charge < -0.3 is 20.5 Å². The molecule has 3 aromatic rings. The van der Waals surface area contributed by atoms with Gasteiger partial charge in [0.25, 0.3) is 5.91 Å². The van der Waals surface area contributed by atoms with E-state index in [2.05, 4.69) is 20.3 Å². The van der Waals surface area contributed by atoms with Gasteiger partial charge in [0.05, 0.1) is 20.5 Å². The predicted molar refractivity (Wildman–Crippen MR) is 109 cm³/mol. The first-order valence-corrected chi connectivity index (χ1v) is 9.58. The van der Waals surface area contributed by atoms with E-state index in [-0.39, 0.29) is 17.7 Å². The maximum Gasteiger partial charge on any atom is 0.320 e. The SMILES string of the molecule is COc1cccc(NC(=O)C2(n3cnc4c(N)nc(OC)nc43)CCCCC2)c1. The van der Waals surface area contributed by atoms with E-state index in [1.54, 1.807) is 19.5 Å². The summed E-state index contributed by atoms with van der Waals surface area (Å²) < 4.78 is 12.3. The molecule has 2 aromatic heterocycles. The van der Waals surface area contributed by atoms with Crippen molar-refractivity contribution in [2.45, 2.75) is 37.6 Å². The number of nitrogen functional groups attached to an aromatic ring is 1. The van der Waals surface area contributed by atoms with Gasteiger partial charge in [-0.15, -0.1) is 0 Å². The monoisotopic (exact) mass is 396 g/mol. The first-order valence-electron chi connectivity index (χ1n) is 9.58. The fourth-order valence-corrected chi connectivity index (χ4v) is 3.97. The Morgan fingerprint density at radius 1 is 1.17 bits per heavy atom. The highest BCUT2D eigenvalue weighted by atomic mass is 16.5. The summed E-state index contributed by atoms with van der Waals surface area (Å²) in [6, 6.07) is 7.46. The van der Waals surface area contributed by atoms with Crippen molar-refractivity contribution in [3.63, 3.8) is 0 Å². The minimum atomic E-state index is -0.818. The number of benzene rings is 1. The Morgan fingerprint density at radius 2 is 1.97 bits per heavy atom. The number of nitrogens with one attached hydrogen (secondary N) is 1. The van der Waals surface area contributed by atoms with E-state index < -0.39 is 5.54 Å². The van der Waals surface area contributed by atoms with Crippen molar-refractivity contribution in [1.82, 2.24) is 19.5 Å². The maximum absolute atomic E-state index is 13.6. The Bertz CT molecular complexity index is 1040. The number of nitrogens with two attached hydrogens (primary N) is 1. The molecule has 0 bridgehead atoms. The summed E-state index contributed by atoms with van der Waals surface area (Å²) in [6.45, 7) is 0.